The number of hydrogen-bond acceptors (Lipinski definition) is 7. The Balaban J connectivity index is 1.87. The number of hydrogen-bond donors (Lipinski definition) is 1. The molecule has 0 atom stereocenters. The third-order valence-electron chi connectivity index (χ3n) is 4.00. The number of esters is 1. The standard InChI is InChI=1S/C20H25NO5S2/c1-13(2)26-18(23)7-5-4-6-10-21-19(24)17(28-20(21)27)12-14-8-9-15(22)16(11-14)25-3/h8-9,11-13,22H,4-7,10H2,1-3H3. The number of nitrogens with zero attached hydrogens (tertiary/aromatic N) is 1. The van der Waals surface area contributed by atoms with E-state index in [2.05, 4.69) is 0 Å². The number of phenolic OH excluding ortho intramolecular Hbond substituents is 1. The van der Waals surface area contributed by atoms with Crippen LogP contribution in [0.5, 0.6) is 11.5 Å². The van der Waals surface area contributed by atoms with Crippen LogP contribution < -0.4 is 4.74 Å². The predicted octanol–water partition coefficient (Wildman–Crippen LogP) is 4.11. The Kier molecular flexibility index (Phi) is 8.32. The molecule has 1 fully saturated rings. The fourth-order valence-corrected chi connectivity index (χ4v) is 3.97. The van der Waals surface area contributed by atoms with Gasteiger partial charge in [0.15, 0.2) is 11.5 Å². The van der Waals surface area contributed by atoms with Crippen molar-refractivity contribution in [2.75, 3.05) is 13.7 Å². The first-order valence-electron chi connectivity index (χ1n) is 9.13. The van der Waals surface area contributed by atoms with E-state index >= 15 is 0 Å². The molecule has 152 valence electrons. The van der Waals surface area contributed by atoms with Gasteiger partial charge in [0.2, 0.25) is 0 Å². The van der Waals surface area contributed by atoms with Crippen molar-refractivity contribution >= 4 is 46.3 Å². The maximum Gasteiger partial charge on any atom is 0.306 e. The van der Waals surface area contributed by atoms with Gasteiger partial charge in [0.25, 0.3) is 5.91 Å². The first-order chi connectivity index (χ1) is 13.3. The number of thiocarbonyl (C=S) groups is 1. The van der Waals surface area contributed by atoms with Crippen LogP contribution in [0.3, 0.4) is 0 Å². The van der Waals surface area contributed by atoms with Gasteiger partial charge in [0.05, 0.1) is 18.1 Å². The molecule has 0 aliphatic carbocycles. The highest BCUT2D eigenvalue weighted by molar-refractivity contribution is 8.26. The maximum atomic E-state index is 12.6. The van der Waals surface area contributed by atoms with Crippen molar-refractivity contribution in [1.29, 1.82) is 0 Å². The summed E-state index contributed by atoms with van der Waals surface area (Å²) in [5.74, 6) is 0.0822. The summed E-state index contributed by atoms with van der Waals surface area (Å²) in [6, 6.07) is 4.90. The third-order valence-corrected chi connectivity index (χ3v) is 5.38. The van der Waals surface area contributed by atoms with Gasteiger partial charge in [-0.2, -0.15) is 0 Å². The molecule has 1 heterocycles. The molecule has 1 aliphatic rings. The molecule has 28 heavy (non-hydrogen) atoms. The number of amides is 1. The van der Waals surface area contributed by atoms with E-state index in [1.54, 1.807) is 23.1 Å². The van der Waals surface area contributed by atoms with Crippen LogP contribution in [-0.2, 0) is 14.3 Å². The Morgan fingerprint density at radius 1 is 1.32 bits per heavy atom. The number of methoxy groups -OCH3 is 1. The van der Waals surface area contributed by atoms with Crippen molar-refractivity contribution in [3.63, 3.8) is 0 Å². The van der Waals surface area contributed by atoms with Gasteiger partial charge in [-0.15, -0.1) is 0 Å². The van der Waals surface area contributed by atoms with Crippen molar-refractivity contribution in [2.45, 2.75) is 45.6 Å². The molecular weight excluding hydrogens is 398 g/mol. The fraction of sp³-hybridized carbons (Fsp3) is 0.450. The van der Waals surface area contributed by atoms with Gasteiger partial charge in [-0.3, -0.25) is 14.5 Å². The lowest BCUT2D eigenvalue weighted by molar-refractivity contribution is -0.147. The van der Waals surface area contributed by atoms with Crippen LogP contribution in [0, 0.1) is 0 Å². The molecule has 1 saturated heterocycles. The lowest BCUT2D eigenvalue weighted by Crippen LogP contribution is -2.29. The highest BCUT2D eigenvalue weighted by Crippen LogP contribution is 2.34. The smallest absolute Gasteiger partial charge is 0.306 e. The van der Waals surface area contributed by atoms with E-state index in [0.717, 1.165) is 24.8 Å². The second kappa shape index (κ2) is 10.5. The first kappa shape index (κ1) is 22.2. The predicted molar refractivity (Wildman–Crippen MR) is 114 cm³/mol. The van der Waals surface area contributed by atoms with E-state index in [9.17, 15) is 14.7 Å². The Hall–Kier alpha value is -2.06. The summed E-state index contributed by atoms with van der Waals surface area (Å²) in [7, 11) is 1.47. The van der Waals surface area contributed by atoms with Gasteiger partial charge >= 0.3 is 5.97 Å². The van der Waals surface area contributed by atoms with Crippen molar-refractivity contribution in [1.82, 2.24) is 4.90 Å². The normalized spacial score (nSPS) is 15.6. The van der Waals surface area contributed by atoms with Gasteiger partial charge in [0.1, 0.15) is 4.32 Å². The summed E-state index contributed by atoms with van der Waals surface area (Å²) in [5.41, 5.74) is 0.749. The number of unbranched alkanes of at least 4 members (excludes halogenated alkanes) is 2. The number of rotatable bonds is 9. The van der Waals surface area contributed by atoms with Gasteiger partial charge < -0.3 is 14.6 Å². The average Bonchev–Trinajstić information content (AvgIpc) is 2.89. The Morgan fingerprint density at radius 2 is 2.07 bits per heavy atom. The fourth-order valence-electron chi connectivity index (χ4n) is 2.67. The second-order valence-electron chi connectivity index (χ2n) is 6.61. The van der Waals surface area contributed by atoms with Gasteiger partial charge in [-0.25, -0.2) is 0 Å². The van der Waals surface area contributed by atoms with Crippen LogP contribution in [0.1, 0.15) is 45.1 Å². The zero-order valence-corrected chi connectivity index (χ0v) is 17.9. The summed E-state index contributed by atoms with van der Waals surface area (Å²) < 4.78 is 10.7. The minimum atomic E-state index is -0.187. The summed E-state index contributed by atoms with van der Waals surface area (Å²) >= 11 is 6.60. The van der Waals surface area contributed by atoms with Gasteiger partial charge in [0, 0.05) is 13.0 Å². The molecule has 0 bridgehead atoms. The molecule has 6 nitrogen and oxygen atoms in total. The number of thioether (sulfide) groups is 1. The first-order valence-corrected chi connectivity index (χ1v) is 10.4. The van der Waals surface area contributed by atoms with Crippen molar-refractivity contribution in [2.24, 2.45) is 0 Å². The van der Waals surface area contributed by atoms with Crippen LogP contribution in [0.15, 0.2) is 23.1 Å². The highest BCUT2D eigenvalue weighted by atomic mass is 32.2. The van der Waals surface area contributed by atoms with Crippen molar-refractivity contribution in [3.8, 4) is 11.5 Å². The molecule has 0 saturated carbocycles. The van der Waals surface area contributed by atoms with E-state index in [-0.39, 0.29) is 23.7 Å². The molecule has 1 aromatic carbocycles. The largest absolute Gasteiger partial charge is 0.504 e. The van der Waals surface area contributed by atoms with E-state index in [0.29, 0.717) is 27.9 Å². The lowest BCUT2D eigenvalue weighted by atomic mass is 10.1. The zero-order valence-electron chi connectivity index (χ0n) is 16.3. The monoisotopic (exact) mass is 423 g/mol. The molecule has 1 amide bonds. The number of aromatic hydroxyl groups is 1. The maximum absolute atomic E-state index is 12.6. The van der Waals surface area contributed by atoms with Gasteiger partial charge in [-0.05, 0) is 50.5 Å². The summed E-state index contributed by atoms with van der Waals surface area (Å²) in [6.45, 7) is 4.18. The molecule has 1 aromatic rings. The Labute approximate surface area is 174 Å². The molecule has 1 N–H and O–H groups in total. The second-order valence-corrected chi connectivity index (χ2v) is 8.29. The number of carbonyl (C=O) groups excluding carboxylic acids is 2. The minimum absolute atomic E-state index is 0.0458. The molecule has 0 radical (unpaired) electrons. The van der Waals surface area contributed by atoms with Crippen LogP contribution in [0.25, 0.3) is 6.08 Å². The zero-order chi connectivity index (χ0) is 20.7. The molecule has 0 unspecified atom stereocenters. The Morgan fingerprint density at radius 3 is 2.75 bits per heavy atom. The summed E-state index contributed by atoms with van der Waals surface area (Å²) in [5, 5.41) is 9.67. The van der Waals surface area contributed by atoms with Crippen molar-refractivity contribution < 1.29 is 24.2 Å². The topological polar surface area (TPSA) is 76.1 Å². The molecule has 8 heteroatoms. The third kappa shape index (κ3) is 6.24. The number of carbonyl (C=O) groups is 2. The average molecular weight is 424 g/mol. The van der Waals surface area contributed by atoms with E-state index in [1.165, 1.54) is 24.9 Å². The van der Waals surface area contributed by atoms with Crippen LogP contribution >= 0.6 is 24.0 Å². The molecule has 0 aromatic heterocycles. The number of ether oxygens (including phenoxy) is 2. The minimum Gasteiger partial charge on any atom is -0.504 e. The molecular formula is C20H25NO5S2. The Bertz CT molecular complexity index is 776. The SMILES string of the molecule is COc1cc(C=C2SC(=S)N(CCCCCC(=O)OC(C)C)C2=O)ccc1O. The van der Waals surface area contributed by atoms with E-state index < -0.39 is 0 Å². The van der Waals surface area contributed by atoms with Gasteiger partial charge in [-0.1, -0.05) is 36.5 Å². The molecule has 0 spiro atoms. The summed E-state index contributed by atoms with van der Waals surface area (Å²) in [4.78, 5) is 26.3. The lowest BCUT2D eigenvalue weighted by Gasteiger charge is -2.14. The molecule has 2 rings (SSSR count). The van der Waals surface area contributed by atoms with E-state index in [1.807, 2.05) is 13.8 Å². The van der Waals surface area contributed by atoms with E-state index in [4.69, 9.17) is 21.7 Å². The van der Waals surface area contributed by atoms with Crippen LogP contribution in [0.4, 0.5) is 0 Å². The van der Waals surface area contributed by atoms with Crippen molar-refractivity contribution in [3.05, 3.63) is 28.7 Å². The highest BCUT2D eigenvalue weighted by Gasteiger charge is 2.31. The van der Waals surface area contributed by atoms with Crippen LogP contribution in [0.2, 0.25) is 0 Å². The van der Waals surface area contributed by atoms with Crippen LogP contribution in [-0.4, -0.2) is 46.0 Å². The number of phenols is 1. The number of benzene rings is 1. The quantitative estimate of drug-likeness (QED) is 0.277. The summed E-state index contributed by atoms with van der Waals surface area (Å²) in [6.07, 6.45) is 4.34. The molecule has 1 aliphatic heterocycles.